The number of benzene rings is 1. The van der Waals surface area contributed by atoms with Gasteiger partial charge in [0.1, 0.15) is 5.82 Å². The number of amides is 1. The highest BCUT2D eigenvalue weighted by atomic mass is 19.1. The Bertz CT molecular complexity index is 728. The summed E-state index contributed by atoms with van der Waals surface area (Å²) in [6, 6.07) is 6.26. The molecule has 0 spiro atoms. The van der Waals surface area contributed by atoms with Gasteiger partial charge in [-0.15, -0.1) is 0 Å². The summed E-state index contributed by atoms with van der Waals surface area (Å²) in [6.45, 7) is 5.49. The van der Waals surface area contributed by atoms with Crippen LogP contribution in [0.1, 0.15) is 70.3 Å². The lowest BCUT2D eigenvalue weighted by atomic mass is 9.78. The van der Waals surface area contributed by atoms with Crippen molar-refractivity contribution in [1.82, 2.24) is 10.2 Å². The average Bonchev–Trinajstić information content (AvgIpc) is 3.41. The Kier molecular flexibility index (Phi) is 6.78. The Morgan fingerprint density at radius 1 is 1.13 bits per heavy atom. The molecule has 2 N–H and O–H groups in total. The van der Waals surface area contributed by atoms with Crippen LogP contribution in [0.2, 0.25) is 0 Å². The number of aliphatic hydroxyl groups is 1. The van der Waals surface area contributed by atoms with Crippen molar-refractivity contribution in [3.63, 3.8) is 0 Å². The summed E-state index contributed by atoms with van der Waals surface area (Å²) in [4.78, 5) is 15.9. The molecule has 30 heavy (non-hydrogen) atoms. The first kappa shape index (κ1) is 21.8. The summed E-state index contributed by atoms with van der Waals surface area (Å²) in [5, 5.41) is 14.7. The molecular formula is C25H37FN2O2. The van der Waals surface area contributed by atoms with Crippen molar-refractivity contribution < 1.29 is 14.3 Å². The Hall–Kier alpha value is -1.46. The zero-order valence-electron chi connectivity index (χ0n) is 18.3. The number of hydrogen-bond donors (Lipinski definition) is 2. The first-order valence-electron chi connectivity index (χ1n) is 12.0. The summed E-state index contributed by atoms with van der Waals surface area (Å²) in [7, 11) is 0. The third-order valence-electron chi connectivity index (χ3n) is 7.82. The summed E-state index contributed by atoms with van der Waals surface area (Å²) in [5.41, 5.74) is -1.65. The van der Waals surface area contributed by atoms with Gasteiger partial charge in [0.25, 0.3) is 5.91 Å². The van der Waals surface area contributed by atoms with E-state index in [2.05, 4.69) is 17.1 Å². The largest absolute Gasteiger partial charge is 0.375 e. The smallest absolute Gasteiger partial charge is 0.257 e. The van der Waals surface area contributed by atoms with Crippen molar-refractivity contribution in [2.24, 2.45) is 17.8 Å². The van der Waals surface area contributed by atoms with Gasteiger partial charge in [0.05, 0.1) is 0 Å². The van der Waals surface area contributed by atoms with Crippen LogP contribution in [0.3, 0.4) is 0 Å². The van der Waals surface area contributed by atoms with Crippen LogP contribution in [0.4, 0.5) is 4.39 Å². The van der Waals surface area contributed by atoms with Gasteiger partial charge in [-0.3, -0.25) is 4.79 Å². The Morgan fingerprint density at radius 3 is 2.47 bits per heavy atom. The van der Waals surface area contributed by atoms with Crippen molar-refractivity contribution >= 4 is 5.91 Å². The minimum atomic E-state index is -1.78. The molecule has 1 aromatic rings. The number of nitrogens with zero attached hydrogens (tertiary/aromatic N) is 1. The third-order valence-corrected chi connectivity index (χ3v) is 7.82. The van der Waals surface area contributed by atoms with E-state index in [1.807, 2.05) is 0 Å². The first-order chi connectivity index (χ1) is 14.5. The summed E-state index contributed by atoms with van der Waals surface area (Å²) in [5.74, 6) is 0.544. The lowest BCUT2D eigenvalue weighted by Gasteiger charge is -2.38. The van der Waals surface area contributed by atoms with Gasteiger partial charge in [0.15, 0.2) is 5.60 Å². The quantitative estimate of drug-likeness (QED) is 0.730. The lowest BCUT2D eigenvalue weighted by Crippen LogP contribution is -2.54. The number of rotatable bonds is 6. The molecule has 1 amide bonds. The molecule has 0 radical (unpaired) electrons. The van der Waals surface area contributed by atoms with Gasteiger partial charge in [-0.1, -0.05) is 44.4 Å². The summed E-state index contributed by atoms with van der Waals surface area (Å²) in [6.07, 6.45) is 9.31. The summed E-state index contributed by atoms with van der Waals surface area (Å²) >= 11 is 0. The fourth-order valence-electron chi connectivity index (χ4n) is 6.05. The van der Waals surface area contributed by atoms with Crippen molar-refractivity contribution in [2.45, 2.75) is 76.4 Å². The van der Waals surface area contributed by atoms with Crippen molar-refractivity contribution in [1.29, 1.82) is 0 Å². The van der Waals surface area contributed by atoms with Crippen molar-refractivity contribution in [3.05, 3.63) is 35.6 Å². The van der Waals surface area contributed by atoms with Crippen LogP contribution in [-0.2, 0) is 10.4 Å². The van der Waals surface area contributed by atoms with E-state index in [4.69, 9.17) is 0 Å². The van der Waals surface area contributed by atoms with E-state index in [0.717, 1.165) is 63.5 Å². The van der Waals surface area contributed by atoms with Gasteiger partial charge >= 0.3 is 0 Å². The zero-order chi connectivity index (χ0) is 21.1. The zero-order valence-corrected chi connectivity index (χ0v) is 18.3. The van der Waals surface area contributed by atoms with E-state index in [0.29, 0.717) is 0 Å². The predicted octanol–water partition coefficient (Wildman–Crippen LogP) is 4.22. The summed E-state index contributed by atoms with van der Waals surface area (Å²) < 4.78 is 14.6. The Labute approximate surface area is 180 Å². The number of nitrogens with one attached hydrogen (secondary N) is 1. The number of carbonyl (C=O) groups excluding carboxylic acids is 1. The minimum absolute atomic E-state index is 0.0518. The number of halogens is 1. The fourth-order valence-corrected chi connectivity index (χ4v) is 6.05. The molecule has 2 saturated carbocycles. The maximum atomic E-state index is 14.6. The monoisotopic (exact) mass is 416 g/mol. The fraction of sp³-hybridized carbons (Fsp3) is 0.720. The molecule has 1 aromatic carbocycles. The van der Waals surface area contributed by atoms with Gasteiger partial charge in [-0.25, -0.2) is 4.39 Å². The van der Waals surface area contributed by atoms with E-state index in [-0.39, 0.29) is 17.5 Å². The molecule has 0 bridgehead atoms. The molecule has 3 aliphatic rings. The van der Waals surface area contributed by atoms with Gasteiger partial charge < -0.3 is 15.3 Å². The molecule has 3 atom stereocenters. The SMILES string of the molecule is C[C@H]1CC[C@H](CN2CCC(NC(=O)C(O)(c3ccccc3F)C3CCCC3)CC2)C1. The topological polar surface area (TPSA) is 52.6 Å². The molecule has 4 rings (SSSR count). The van der Waals surface area contributed by atoms with Crippen LogP contribution in [-0.4, -0.2) is 41.6 Å². The Morgan fingerprint density at radius 2 is 1.83 bits per heavy atom. The highest BCUT2D eigenvalue weighted by molar-refractivity contribution is 5.87. The van der Waals surface area contributed by atoms with Crippen LogP contribution in [0.25, 0.3) is 0 Å². The second-order valence-electron chi connectivity index (χ2n) is 10.1. The van der Waals surface area contributed by atoms with Gasteiger partial charge in [0.2, 0.25) is 0 Å². The molecule has 2 aliphatic carbocycles. The maximum absolute atomic E-state index is 14.6. The second kappa shape index (κ2) is 9.35. The minimum Gasteiger partial charge on any atom is -0.375 e. The van der Waals surface area contributed by atoms with Crippen molar-refractivity contribution in [2.75, 3.05) is 19.6 Å². The molecule has 3 fully saturated rings. The van der Waals surface area contributed by atoms with Crippen LogP contribution < -0.4 is 5.32 Å². The standard InChI is InChI=1S/C25H37FN2O2/c1-18-10-11-19(16-18)17-28-14-12-21(13-15-28)27-24(29)25(30,20-6-2-3-7-20)22-8-4-5-9-23(22)26/h4-5,8-9,18-21,30H,2-3,6-7,10-17H2,1H3,(H,27,29)/t18-,19-,25?/m0/s1. The molecule has 1 aliphatic heterocycles. The van der Waals surface area contributed by atoms with Crippen LogP contribution in [0.15, 0.2) is 24.3 Å². The maximum Gasteiger partial charge on any atom is 0.257 e. The van der Waals surface area contributed by atoms with Gasteiger partial charge in [0, 0.05) is 37.2 Å². The van der Waals surface area contributed by atoms with E-state index in [1.165, 1.54) is 31.9 Å². The number of carbonyl (C=O) groups is 1. The number of hydrogen-bond acceptors (Lipinski definition) is 3. The van der Waals surface area contributed by atoms with Crippen LogP contribution >= 0.6 is 0 Å². The van der Waals surface area contributed by atoms with Gasteiger partial charge in [-0.2, -0.15) is 0 Å². The number of likely N-dealkylation sites (tertiary alicyclic amines) is 1. The highest BCUT2D eigenvalue weighted by Gasteiger charge is 2.48. The number of piperidine rings is 1. The molecular weight excluding hydrogens is 379 g/mol. The second-order valence-corrected chi connectivity index (χ2v) is 10.1. The normalized spacial score (nSPS) is 28.5. The van der Waals surface area contributed by atoms with E-state index < -0.39 is 17.3 Å². The van der Waals surface area contributed by atoms with E-state index in [1.54, 1.807) is 18.2 Å². The highest BCUT2D eigenvalue weighted by Crippen LogP contribution is 2.42. The molecule has 166 valence electrons. The van der Waals surface area contributed by atoms with E-state index in [9.17, 15) is 14.3 Å². The van der Waals surface area contributed by atoms with Gasteiger partial charge in [-0.05, 0) is 56.4 Å². The molecule has 5 heteroatoms. The third kappa shape index (κ3) is 4.57. The lowest BCUT2D eigenvalue weighted by molar-refractivity contribution is -0.149. The molecule has 1 heterocycles. The predicted molar refractivity (Wildman–Crippen MR) is 116 cm³/mol. The molecule has 4 nitrogen and oxygen atoms in total. The van der Waals surface area contributed by atoms with Crippen LogP contribution in [0, 0.1) is 23.6 Å². The Balaban J connectivity index is 1.38. The molecule has 0 aromatic heterocycles. The van der Waals surface area contributed by atoms with Crippen LogP contribution in [0.5, 0.6) is 0 Å². The molecule has 1 unspecified atom stereocenters. The van der Waals surface area contributed by atoms with E-state index >= 15 is 0 Å². The first-order valence-corrected chi connectivity index (χ1v) is 12.0. The molecule has 1 saturated heterocycles. The van der Waals surface area contributed by atoms with Crippen molar-refractivity contribution in [3.8, 4) is 0 Å². The average molecular weight is 417 g/mol.